The zero-order chi connectivity index (χ0) is 31.5. The average molecular weight is 612 g/mol. The molecule has 1 aromatic carbocycles. The number of aromatic nitrogens is 3. The molecule has 0 aliphatic carbocycles. The lowest BCUT2D eigenvalue weighted by Crippen LogP contribution is -2.52. The van der Waals surface area contributed by atoms with Gasteiger partial charge in [-0.05, 0) is 49.4 Å². The molecule has 2 fully saturated rings. The van der Waals surface area contributed by atoms with Crippen molar-refractivity contribution in [3.05, 3.63) is 78.0 Å². The summed E-state index contributed by atoms with van der Waals surface area (Å²) >= 11 is 0. The van der Waals surface area contributed by atoms with Crippen LogP contribution >= 0.6 is 0 Å². The van der Waals surface area contributed by atoms with Crippen molar-refractivity contribution in [2.45, 2.75) is 38.1 Å². The quantitative estimate of drug-likeness (QED) is 0.323. The van der Waals surface area contributed by atoms with Crippen molar-refractivity contribution in [1.29, 1.82) is 0 Å². The summed E-state index contributed by atoms with van der Waals surface area (Å²) in [6.07, 6.45) is -1.70. The van der Waals surface area contributed by atoms with Crippen molar-refractivity contribution in [3.8, 4) is 0 Å². The van der Waals surface area contributed by atoms with Crippen LogP contribution in [0.1, 0.15) is 29.4 Å². The Morgan fingerprint density at radius 1 is 1.09 bits per heavy atom. The van der Waals surface area contributed by atoms with Gasteiger partial charge < -0.3 is 14.7 Å². The number of nitrogens with zero attached hydrogens (tertiary/aromatic N) is 7. The molecule has 3 amide bonds. The van der Waals surface area contributed by atoms with E-state index in [1.54, 1.807) is 15.6 Å². The SMILES string of the molecule is C=CC(=O)N1CC(n2ccc(CN3C[C@H]4CC(=O)N(c5cc(C(F)(F)F)cc(C)n5)[C@@H]4C(=O)N(C)c4cc(F)ccc43)n2)C1. The predicted molar refractivity (Wildman–Crippen MR) is 152 cm³/mol. The number of carbonyl (C=O) groups excluding carboxylic acids is 3. The third-order valence-corrected chi connectivity index (χ3v) is 8.36. The highest BCUT2D eigenvalue weighted by Crippen LogP contribution is 2.41. The Hall–Kier alpha value is -4.75. The van der Waals surface area contributed by atoms with Crippen LogP contribution in [0, 0.1) is 18.7 Å². The zero-order valence-electron chi connectivity index (χ0n) is 24.0. The minimum Gasteiger partial charge on any atom is -0.363 e. The van der Waals surface area contributed by atoms with Crippen LogP contribution < -0.4 is 14.7 Å². The number of fused-ring (bicyclic) bond motifs is 2. The summed E-state index contributed by atoms with van der Waals surface area (Å²) in [5.41, 5.74) is 0.525. The van der Waals surface area contributed by atoms with Gasteiger partial charge in [-0.25, -0.2) is 9.37 Å². The minimum absolute atomic E-state index is 0.000990. The summed E-state index contributed by atoms with van der Waals surface area (Å²) in [5.74, 6) is -2.69. The van der Waals surface area contributed by atoms with Crippen molar-refractivity contribution in [2.75, 3.05) is 41.4 Å². The fourth-order valence-corrected chi connectivity index (χ4v) is 6.16. The van der Waals surface area contributed by atoms with Gasteiger partial charge in [0.2, 0.25) is 17.7 Å². The fraction of sp³-hybridized carbons (Fsp3) is 0.367. The molecule has 0 spiro atoms. The molecular formula is C30H29F4N7O3. The lowest BCUT2D eigenvalue weighted by molar-refractivity contribution is -0.137. The van der Waals surface area contributed by atoms with Crippen LogP contribution in [0.2, 0.25) is 0 Å². The number of carbonyl (C=O) groups is 3. The molecule has 0 saturated carbocycles. The van der Waals surface area contributed by atoms with Crippen LogP contribution in [-0.4, -0.2) is 70.1 Å². The number of rotatable bonds is 5. The number of halogens is 4. The molecule has 2 saturated heterocycles. The van der Waals surface area contributed by atoms with Crippen molar-refractivity contribution in [1.82, 2.24) is 19.7 Å². The molecule has 3 aliphatic rings. The number of anilines is 3. The Labute approximate surface area is 250 Å². The van der Waals surface area contributed by atoms with E-state index >= 15 is 0 Å². The number of aryl methyl sites for hydroxylation is 1. The average Bonchev–Trinajstić information content (AvgIpc) is 3.53. The molecule has 14 heteroatoms. The normalized spacial score (nSPS) is 20.7. The van der Waals surface area contributed by atoms with E-state index in [2.05, 4.69) is 11.6 Å². The van der Waals surface area contributed by atoms with Gasteiger partial charge in [-0.15, -0.1) is 0 Å². The molecule has 0 N–H and O–H groups in total. The van der Waals surface area contributed by atoms with E-state index in [1.165, 1.54) is 37.1 Å². The lowest BCUT2D eigenvalue weighted by Gasteiger charge is -2.39. The molecule has 10 nitrogen and oxygen atoms in total. The second-order valence-electron chi connectivity index (χ2n) is 11.3. The molecule has 44 heavy (non-hydrogen) atoms. The van der Waals surface area contributed by atoms with Gasteiger partial charge in [0.05, 0.1) is 35.2 Å². The second-order valence-corrected chi connectivity index (χ2v) is 11.3. The largest absolute Gasteiger partial charge is 0.416 e. The molecule has 2 atom stereocenters. The summed E-state index contributed by atoms with van der Waals surface area (Å²) in [4.78, 5) is 49.2. The van der Waals surface area contributed by atoms with E-state index in [0.717, 1.165) is 17.0 Å². The first-order chi connectivity index (χ1) is 20.8. The van der Waals surface area contributed by atoms with E-state index in [4.69, 9.17) is 5.10 Å². The Morgan fingerprint density at radius 2 is 1.84 bits per heavy atom. The van der Waals surface area contributed by atoms with Crippen molar-refractivity contribution in [2.24, 2.45) is 5.92 Å². The van der Waals surface area contributed by atoms with Gasteiger partial charge in [0.15, 0.2) is 0 Å². The summed E-state index contributed by atoms with van der Waals surface area (Å²) in [6, 6.07) is 6.38. The van der Waals surface area contributed by atoms with E-state index in [-0.39, 0.29) is 48.7 Å². The molecule has 0 bridgehead atoms. The van der Waals surface area contributed by atoms with Gasteiger partial charge in [-0.3, -0.25) is 24.0 Å². The van der Waals surface area contributed by atoms with Gasteiger partial charge in [-0.1, -0.05) is 6.58 Å². The van der Waals surface area contributed by atoms with Gasteiger partial charge in [0, 0.05) is 50.9 Å². The van der Waals surface area contributed by atoms with Crippen LogP contribution in [0.3, 0.4) is 0 Å². The topological polar surface area (TPSA) is 94.9 Å². The molecule has 230 valence electrons. The number of likely N-dealkylation sites (N-methyl/N-ethyl adjacent to an activating group) is 1. The molecule has 3 aliphatic heterocycles. The summed E-state index contributed by atoms with van der Waals surface area (Å²) in [6.45, 7) is 6.30. The minimum atomic E-state index is -4.68. The molecule has 0 radical (unpaired) electrons. The van der Waals surface area contributed by atoms with Crippen LogP contribution in [-0.2, 0) is 27.1 Å². The zero-order valence-corrected chi connectivity index (χ0v) is 24.0. The maximum atomic E-state index is 14.5. The molecule has 5 heterocycles. The van der Waals surface area contributed by atoms with Crippen LogP contribution in [0.15, 0.2) is 55.3 Å². The number of hydrogen-bond acceptors (Lipinski definition) is 6. The van der Waals surface area contributed by atoms with Crippen molar-refractivity contribution in [3.63, 3.8) is 0 Å². The molecule has 3 aromatic rings. The highest BCUT2D eigenvalue weighted by molar-refractivity contribution is 6.10. The van der Waals surface area contributed by atoms with Gasteiger partial charge in [0.1, 0.15) is 17.7 Å². The number of hydrogen-bond donors (Lipinski definition) is 0. The molecule has 0 unspecified atom stereocenters. The molecule has 6 rings (SSSR count). The predicted octanol–water partition coefficient (Wildman–Crippen LogP) is 3.72. The first-order valence-corrected chi connectivity index (χ1v) is 14.0. The third kappa shape index (κ3) is 5.18. The third-order valence-electron chi connectivity index (χ3n) is 8.36. The van der Waals surface area contributed by atoms with E-state index < -0.39 is 41.3 Å². The van der Waals surface area contributed by atoms with E-state index in [9.17, 15) is 31.9 Å². The first kappa shape index (κ1) is 29.3. The van der Waals surface area contributed by atoms with Gasteiger partial charge in [0.25, 0.3) is 0 Å². The smallest absolute Gasteiger partial charge is 0.363 e. The van der Waals surface area contributed by atoms with Gasteiger partial charge >= 0.3 is 6.18 Å². The Balaban J connectivity index is 1.34. The number of pyridine rings is 1. The number of amides is 3. The highest BCUT2D eigenvalue weighted by Gasteiger charge is 2.49. The standard InChI is InChI=1S/C30H29F4N7O3/c1-4-26(42)39-15-22(16-39)40-8-7-21(36-40)14-38-13-18-10-27(43)41(25-11-19(30(32,33)34)9-17(2)35-25)28(18)29(44)37(3)24-12-20(31)5-6-23(24)38/h4-9,11-12,18,22,28H,1,10,13-16H2,2-3H3/t18-,28+/m1/s1. The van der Waals surface area contributed by atoms with Crippen LogP contribution in [0.25, 0.3) is 0 Å². The number of alkyl halides is 3. The van der Waals surface area contributed by atoms with E-state index in [1.807, 2.05) is 17.2 Å². The van der Waals surface area contributed by atoms with Crippen molar-refractivity contribution >= 4 is 34.9 Å². The monoisotopic (exact) mass is 611 g/mol. The molecular weight excluding hydrogens is 582 g/mol. The number of likely N-dealkylation sites (tertiary alicyclic amines) is 1. The second kappa shape index (κ2) is 10.8. The highest BCUT2D eigenvalue weighted by atomic mass is 19.4. The van der Waals surface area contributed by atoms with Crippen LogP contribution in [0.5, 0.6) is 0 Å². The first-order valence-electron chi connectivity index (χ1n) is 14.0. The summed E-state index contributed by atoms with van der Waals surface area (Å²) in [7, 11) is 1.45. The number of benzene rings is 1. The summed E-state index contributed by atoms with van der Waals surface area (Å²) in [5, 5.41) is 4.69. The maximum absolute atomic E-state index is 14.5. The Bertz CT molecular complexity index is 1670. The summed E-state index contributed by atoms with van der Waals surface area (Å²) < 4.78 is 57.3. The lowest BCUT2D eigenvalue weighted by atomic mass is 9.95. The Kier molecular flexibility index (Phi) is 7.17. The van der Waals surface area contributed by atoms with E-state index in [0.29, 0.717) is 24.5 Å². The maximum Gasteiger partial charge on any atom is 0.416 e. The van der Waals surface area contributed by atoms with Gasteiger partial charge in [-0.2, -0.15) is 18.3 Å². The Morgan fingerprint density at radius 3 is 2.55 bits per heavy atom. The van der Waals surface area contributed by atoms with Crippen molar-refractivity contribution < 1.29 is 31.9 Å². The fourth-order valence-electron chi connectivity index (χ4n) is 6.16. The van der Waals surface area contributed by atoms with Crippen LogP contribution in [0.4, 0.5) is 34.8 Å². The molecule has 2 aromatic heterocycles.